The molecule has 0 saturated heterocycles. The third-order valence-electron chi connectivity index (χ3n) is 3.39. The standard InChI is InChI=1S/C15H20N2O2S/c1-20(18,19)10-4-7-15(17-16)14-9-8-12-5-2-3-6-13(12)11-14/h2-3,5-6,8-9,11,15,17H,4,7,10,16H2,1H3. The first-order chi connectivity index (χ1) is 9.49. The van der Waals surface area contributed by atoms with Gasteiger partial charge in [0, 0.05) is 18.1 Å². The van der Waals surface area contributed by atoms with Crippen LogP contribution in [0.2, 0.25) is 0 Å². The Morgan fingerprint density at radius 3 is 2.50 bits per heavy atom. The van der Waals surface area contributed by atoms with Crippen molar-refractivity contribution < 1.29 is 8.42 Å². The second kappa shape index (κ2) is 6.35. The largest absolute Gasteiger partial charge is 0.271 e. The summed E-state index contributed by atoms with van der Waals surface area (Å²) in [7, 11) is -2.91. The number of fused-ring (bicyclic) bond motifs is 1. The molecule has 0 fully saturated rings. The maximum absolute atomic E-state index is 11.2. The van der Waals surface area contributed by atoms with Crippen LogP contribution in [0.15, 0.2) is 42.5 Å². The summed E-state index contributed by atoms with van der Waals surface area (Å²) in [6.07, 6.45) is 2.55. The van der Waals surface area contributed by atoms with Crippen molar-refractivity contribution in [3.8, 4) is 0 Å². The molecule has 0 amide bonds. The lowest BCUT2D eigenvalue weighted by atomic mass is 9.99. The zero-order valence-corrected chi connectivity index (χ0v) is 12.4. The number of nitrogens with two attached hydrogens (primary N) is 1. The maximum Gasteiger partial charge on any atom is 0.147 e. The first-order valence-electron chi connectivity index (χ1n) is 6.62. The highest BCUT2D eigenvalue weighted by molar-refractivity contribution is 7.90. The number of rotatable bonds is 6. The predicted molar refractivity (Wildman–Crippen MR) is 83.0 cm³/mol. The third-order valence-corrected chi connectivity index (χ3v) is 4.42. The Bertz CT molecular complexity index is 683. The zero-order valence-electron chi connectivity index (χ0n) is 11.5. The molecule has 2 rings (SSSR count). The molecule has 108 valence electrons. The van der Waals surface area contributed by atoms with E-state index in [2.05, 4.69) is 29.7 Å². The molecule has 1 unspecified atom stereocenters. The van der Waals surface area contributed by atoms with Gasteiger partial charge >= 0.3 is 0 Å². The number of hydrogen-bond donors (Lipinski definition) is 2. The summed E-state index contributed by atoms with van der Waals surface area (Å²) in [6.45, 7) is 0. The van der Waals surface area contributed by atoms with Crippen LogP contribution in [0.3, 0.4) is 0 Å². The van der Waals surface area contributed by atoms with E-state index in [1.54, 1.807) is 0 Å². The molecule has 0 aliphatic carbocycles. The number of hydrogen-bond acceptors (Lipinski definition) is 4. The van der Waals surface area contributed by atoms with E-state index in [1.165, 1.54) is 11.6 Å². The maximum atomic E-state index is 11.2. The quantitative estimate of drug-likeness (QED) is 0.632. The van der Waals surface area contributed by atoms with Gasteiger partial charge in [-0.15, -0.1) is 0 Å². The van der Waals surface area contributed by atoms with Crippen LogP contribution in [-0.2, 0) is 9.84 Å². The van der Waals surface area contributed by atoms with Gasteiger partial charge in [-0.3, -0.25) is 11.3 Å². The van der Waals surface area contributed by atoms with Gasteiger partial charge in [-0.05, 0) is 35.2 Å². The summed E-state index contributed by atoms with van der Waals surface area (Å²) in [4.78, 5) is 0. The fraction of sp³-hybridized carbons (Fsp3) is 0.333. The lowest BCUT2D eigenvalue weighted by molar-refractivity contribution is 0.508. The van der Waals surface area contributed by atoms with Crippen molar-refractivity contribution in [2.45, 2.75) is 18.9 Å². The Labute approximate surface area is 119 Å². The van der Waals surface area contributed by atoms with Gasteiger partial charge < -0.3 is 0 Å². The molecule has 1 atom stereocenters. The zero-order chi connectivity index (χ0) is 14.6. The van der Waals surface area contributed by atoms with E-state index >= 15 is 0 Å². The molecule has 0 saturated carbocycles. The van der Waals surface area contributed by atoms with Gasteiger partial charge in [0.15, 0.2) is 0 Å². The minimum absolute atomic E-state index is 0.0265. The SMILES string of the molecule is CS(=O)(=O)CCCC(NN)c1ccc2ccccc2c1. The molecule has 5 heteroatoms. The molecule has 0 aliphatic rings. The Morgan fingerprint density at radius 1 is 1.15 bits per heavy atom. The number of sulfone groups is 1. The van der Waals surface area contributed by atoms with Crippen LogP contribution in [0.1, 0.15) is 24.4 Å². The molecule has 0 aliphatic heterocycles. The summed E-state index contributed by atoms with van der Waals surface area (Å²) in [5.74, 6) is 5.79. The van der Waals surface area contributed by atoms with E-state index < -0.39 is 9.84 Å². The number of benzene rings is 2. The second-order valence-corrected chi connectivity index (χ2v) is 7.36. The Kier molecular flexibility index (Phi) is 4.75. The van der Waals surface area contributed by atoms with Crippen molar-refractivity contribution in [2.24, 2.45) is 5.84 Å². The summed E-state index contributed by atoms with van der Waals surface area (Å²) in [5, 5.41) is 2.34. The van der Waals surface area contributed by atoms with Gasteiger partial charge in [-0.25, -0.2) is 8.42 Å². The van der Waals surface area contributed by atoms with E-state index in [0.717, 1.165) is 10.9 Å². The summed E-state index contributed by atoms with van der Waals surface area (Å²) >= 11 is 0. The highest BCUT2D eigenvalue weighted by Crippen LogP contribution is 2.23. The van der Waals surface area contributed by atoms with Crippen molar-refractivity contribution in [1.82, 2.24) is 5.43 Å². The molecule has 0 spiro atoms. The average Bonchev–Trinajstić information content (AvgIpc) is 2.42. The van der Waals surface area contributed by atoms with E-state index in [9.17, 15) is 8.42 Å². The van der Waals surface area contributed by atoms with Gasteiger partial charge in [-0.2, -0.15) is 0 Å². The van der Waals surface area contributed by atoms with Crippen LogP contribution < -0.4 is 11.3 Å². The molecule has 3 N–H and O–H groups in total. The van der Waals surface area contributed by atoms with Crippen LogP contribution in [-0.4, -0.2) is 20.4 Å². The Hall–Kier alpha value is -1.43. The molecule has 0 heterocycles. The highest BCUT2D eigenvalue weighted by atomic mass is 32.2. The molecular weight excluding hydrogens is 272 g/mol. The smallest absolute Gasteiger partial charge is 0.147 e. The van der Waals surface area contributed by atoms with Crippen molar-refractivity contribution in [1.29, 1.82) is 0 Å². The van der Waals surface area contributed by atoms with Crippen molar-refractivity contribution >= 4 is 20.6 Å². The summed E-state index contributed by atoms with van der Waals surface area (Å²) in [5.41, 5.74) is 3.86. The number of hydrazine groups is 1. The fourth-order valence-electron chi connectivity index (χ4n) is 2.32. The average molecular weight is 292 g/mol. The van der Waals surface area contributed by atoms with Crippen LogP contribution in [0.4, 0.5) is 0 Å². The van der Waals surface area contributed by atoms with E-state index in [1.807, 2.05) is 18.2 Å². The van der Waals surface area contributed by atoms with Gasteiger partial charge in [0.25, 0.3) is 0 Å². The first-order valence-corrected chi connectivity index (χ1v) is 8.68. The van der Waals surface area contributed by atoms with Crippen molar-refractivity contribution in [2.75, 3.05) is 12.0 Å². The summed E-state index contributed by atoms with van der Waals surface area (Å²) in [6, 6.07) is 14.3. The van der Waals surface area contributed by atoms with Gasteiger partial charge in [-0.1, -0.05) is 36.4 Å². The van der Waals surface area contributed by atoms with E-state index in [-0.39, 0.29) is 11.8 Å². The molecule has 0 aromatic heterocycles. The van der Waals surface area contributed by atoms with Crippen LogP contribution in [0.25, 0.3) is 10.8 Å². The molecule has 2 aromatic carbocycles. The molecule has 20 heavy (non-hydrogen) atoms. The lowest BCUT2D eigenvalue weighted by Crippen LogP contribution is -2.28. The minimum Gasteiger partial charge on any atom is -0.271 e. The molecule has 4 nitrogen and oxygen atoms in total. The van der Waals surface area contributed by atoms with Crippen LogP contribution >= 0.6 is 0 Å². The van der Waals surface area contributed by atoms with E-state index in [4.69, 9.17) is 5.84 Å². The third kappa shape index (κ3) is 4.03. The molecule has 0 bridgehead atoms. The molecule has 2 aromatic rings. The van der Waals surface area contributed by atoms with Gasteiger partial charge in [0.05, 0.1) is 0 Å². The topological polar surface area (TPSA) is 72.2 Å². The Balaban J connectivity index is 2.12. The second-order valence-electron chi connectivity index (χ2n) is 5.10. The predicted octanol–water partition coefficient (Wildman–Crippen LogP) is 2.17. The molecular formula is C15H20N2O2S. The number of nitrogens with one attached hydrogen (secondary N) is 1. The fourth-order valence-corrected chi connectivity index (χ4v) is 3.01. The summed E-state index contributed by atoms with van der Waals surface area (Å²) < 4.78 is 22.3. The van der Waals surface area contributed by atoms with Crippen molar-refractivity contribution in [3.05, 3.63) is 48.0 Å². The van der Waals surface area contributed by atoms with E-state index in [0.29, 0.717) is 12.8 Å². The molecule has 0 radical (unpaired) electrons. The first kappa shape index (κ1) is 15.0. The van der Waals surface area contributed by atoms with Crippen LogP contribution in [0, 0.1) is 0 Å². The monoisotopic (exact) mass is 292 g/mol. The minimum atomic E-state index is -2.91. The van der Waals surface area contributed by atoms with Crippen molar-refractivity contribution in [3.63, 3.8) is 0 Å². The normalized spacial score (nSPS) is 13.5. The van der Waals surface area contributed by atoms with Gasteiger partial charge in [0.1, 0.15) is 9.84 Å². The lowest BCUT2D eigenvalue weighted by Gasteiger charge is -2.16. The highest BCUT2D eigenvalue weighted by Gasteiger charge is 2.11. The Morgan fingerprint density at radius 2 is 1.85 bits per heavy atom. The van der Waals surface area contributed by atoms with Gasteiger partial charge in [0.2, 0.25) is 0 Å². The van der Waals surface area contributed by atoms with Crippen LogP contribution in [0.5, 0.6) is 0 Å².